The minimum atomic E-state index is -3.13. The summed E-state index contributed by atoms with van der Waals surface area (Å²) in [6.45, 7) is -0.376. The Morgan fingerprint density at radius 2 is 1.29 bits per heavy atom. The largest absolute Gasteiger partial charge is 0.827 e. The fourth-order valence-electron chi connectivity index (χ4n) is 7.06. The summed E-state index contributed by atoms with van der Waals surface area (Å²) in [7, 11) is 7.38. The van der Waals surface area contributed by atoms with Gasteiger partial charge in [-0.1, -0.05) is 0 Å². The van der Waals surface area contributed by atoms with Crippen molar-refractivity contribution in [1.82, 2.24) is 0 Å². The Kier molecular flexibility index (Phi) is 11.8. The Hall–Kier alpha value is -3.24. The van der Waals surface area contributed by atoms with Gasteiger partial charge in [0.25, 0.3) is 0 Å². The first-order valence-electron chi connectivity index (χ1n) is 15.9. The standard InChI is InChI=1S/C33H45O18/c1-42-18-7-14(8-19(43-2)23(18)35)24-16-12-49-25(17(16)13-48-24)15-9-20(44-3)26(21(10-15)45-4)50-22(11-34)27(36)32(40)28(29(37)46-5)51-31(39)33(41,47-6)30(32)38/h7-10,16-17,22,24-25,27-31,34-38,40-41H,11-13H2,1-6H3/q-1/t16-,17-,22-,24+,25+,27+,28-,29?,30+,31-,32-,33+/m1/s1. The second kappa shape index (κ2) is 15.4. The van der Waals surface area contributed by atoms with E-state index in [9.17, 15) is 40.9 Å². The van der Waals surface area contributed by atoms with Gasteiger partial charge in [0.15, 0.2) is 41.0 Å². The van der Waals surface area contributed by atoms with Crippen LogP contribution in [-0.2, 0) is 23.7 Å². The highest BCUT2D eigenvalue weighted by atomic mass is 16.7. The molecule has 5 rings (SSSR count). The summed E-state index contributed by atoms with van der Waals surface area (Å²) in [6.07, 6.45) is -14.6. The quantitative estimate of drug-likeness (QED) is 0.105. The number of benzene rings is 2. The number of phenols is 1. The van der Waals surface area contributed by atoms with Crippen molar-refractivity contribution in [3.05, 3.63) is 35.4 Å². The van der Waals surface area contributed by atoms with E-state index in [4.69, 9.17) is 47.4 Å². The molecule has 0 spiro atoms. The van der Waals surface area contributed by atoms with Gasteiger partial charge in [-0.05, 0) is 35.4 Å². The molecular formula is C33H45O18-. The molecule has 0 amide bonds. The molecule has 3 heterocycles. The van der Waals surface area contributed by atoms with E-state index in [0.717, 1.165) is 19.8 Å². The first kappa shape index (κ1) is 39.0. The molecule has 1 unspecified atom stereocenters. The van der Waals surface area contributed by atoms with Crippen LogP contribution in [0.25, 0.3) is 0 Å². The van der Waals surface area contributed by atoms with Crippen LogP contribution in [0.15, 0.2) is 24.3 Å². The number of ether oxygens (including phenoxy) is 10. The molecule has 0 aromatic heterocycles. The zero-order chi connectivity index (χ0) is 37.4. The average molecular weight is 730 g/mol. The Labute approximate surface area is 293 Å². The number of hydrogen-bond donors (Lipinski definition) is 7. The topological polar surface area (TPSA) is 257 Å². The number of fused-ring (bicyclic) bond motifs is 1. The van der Waals surface area contributed by atoms with Crippen molar-refractivity contribution in [3.8, 4) is 34.5 Å². The maximum atomic E-state index is 12.6. The molecule has 12 atom stereocenters. The molecule has 3 fully saturated rings. The first-order valence-corrected chi connectivity index (χ1v) is 15.9. The van der Waals surface area contributed by atoms with Crippen LogP contribution in [0.3, 0.4) is 0 Å². The van der Waals surface area contributed by atoms with Crippen LogP contribution in [0, 0.1) is 11.8 Å². The molecule has 18 nitrogen and oxygen atoms in total. The molecule has 3 aliphatic heterocycles. The highest BCUT2D eigenvalue weighted by Crippen LogP contribution is 2.54. The second-order valence-corrected chi connectivity index (χ2v) is 12.4. The Bertz CT molecular complexity index is 1450. The molecule has 2 aromatic carbocycles. The van der Waals surface area contributed by atoms with Crippen LogP contribution < -0.4 is 28.8 Å². The molecule has 0 saturated carbocycles. The Morgan fingerprint density at radius 3 is 1.71 bits per heavy atom. The van der Waals surface area contributed by atoms with Crippen LogP contribution in [-0.4, -0.2) is 147 Å². The molecule has 0 radical (unpaired) electrons. The van der Waals surface area contributed by atoms with Gasteiger partial charge in [-0.2, -0.15) is 0 Å². The zero-order valence-corrected chi connectivity index (χ0v) is 28.8. The number of methoxy groups -OCH3 is 6. The normalized spacial score (nSPS) is 33.6. The minimum Gasteiger partial charge on any atom is -0.827 e. The highest BCUT2D eigenvalue weighted by Gasteiger charge is 2.66. The average Bonchev–Trinajstić information content (AvgIpc) is 3.76. The summed E-state index contributed by atoms with van der Waals surface area (Å²) in [5.41, 5.74) is -1.79. The summed E-state index contributed by atoms with van der Waals surface area (Å²) >= 11 is 0. The first-order chi connectivity index (χ1) is 24.3. The smallest absolute Gasteiger partial charge is 0.206 e. The molecule has 2 aromatic rings. The van der Waals surface area contributed by atoms with Gasteiger partial charge in [0.1, 0.15) is 18.3 Å². The Balaban J connectivity index is 1.43. The van der Waals surface area contributed by atoms with Crippen molar-refractivity contribution in [2.45, 2.75) is 60.6 Å². The van der Waals surface area contributed by atoms with E-state index in [-0.39, 0.29) is 46.3 Å². The lowest BCUT2D eigenvalue weighted by Gasteiger charge is -2.57. The fourth-order valence-corrected chi connectivity index (χ4v) is 7.06. The van der Waals surface area contributed by atoms with Crippen LogP contribution in [0.2, 0.25) is 0 Å². The van der Waals surface area contributed by atoms with Gasteiger partial charge in [0, 0.05) is 32.3 Å². The molecule has 3 saturated heterocycles. The van der Waals surface area contributed by atoms with E-state index in [1.807, 2.05) is 0 Å². The van der Waals surface area contributed by atoms with Gasteiger partial charge in [-0.15, -0.1) is 0 Å². The van der Waals surface area contributed by atoms with Crippen molar-refractivity contribution in [1.29, 1.82) is 0 Å². The van der Waals surface area contributed by atoms with Crippen molar-refractivity contribution >= 4 is 0 Å². The molecule has 18 heteroatoms. The number of aliphatic hydroxyl groups is 6. The third-order valence-electron chi connectivity index (χ3n) is 9.90. The lowest BCUT2D eigenvalue weighted by Crippen LogP contribution is -2.81. The monoisotopic (exact) mass is 729 g/mol. The van der Waals surface area contributed by atoms with E-state index in [2.05, 4.69) is 0 Å². The summed E-state index contributed by atoms with van der Waals surface area (Å²) in [5.74, 6) is -3.06. The van der Waals surface area contributed by atoms with E-state index in [1.165, 1.54) is 28.4 Å². The van der Waals surface area contributed by atoms with Gasteiger partial charge in [0.05, 0.1) is 60.5 Å². The molecule has 286 valence electrons. The molecule has 0 aliphatic carbocycles. The maximum absolute atomic E-state index is 12.6. The number of aromatic hydroxyl groups is 1. The number of aliphatic hydroxyl groups excluding tert-OH is 4. The van der Waals surface area contributed by atoms with Crippen molar-refractivity contribution in [2.24, 2.45) is 11.8 Å². The van der Waals surface area contributed by atoms with Gasteiger partial charge in [-0.25, -0.2) is 0 Å². The summed E-state index contributed by atoms with van der Waals surface area (Å²) in [4.78, 5) is 0. The maximum Gasteiger partial charge on any atom is 0.206 e. The summed E-state index contributed by atoms with van der Waals surface area (Å²) in [6, 6.07) is 6.57. The van der Waals surface area contributed by atoms with Crippen molar-refractivity contribution < 1.29 is 88.2 Å². The third kappa shape index (κ3) is 6.53. The lowest BCUT2D eigenvalue weighted by molar-refractivity contribution is -0.593. The van der Waals surface area contributed by atoms with Gasteiger partial charge < -0.3 is 88.2 Å². The number of rotatable bonds is 14. The molecule has 7 N–H and O–H groups in total. The summed E-state index contributed by atoms with van der Waals surface area (Å²) < 4.78 is 54.9. The lowest BCUT2D eigenvalue weighted by atomic mass is 9.75. The van der Waals surface area contributed by atoms with Crippen LogP contribution >= 0.6 is 0 Å². The molecular weight excluding hydrogens is 684 g/mol. The van der Waals surface area contributed by atoms with E-state index in [0.29, 0.717) is 18.8 Å². The second-order valence-electron chi connectivity index (χ2n) is 12.4. The molecule has 0 bridgehead atoms. The summed E-state index contributed by atoms with van der Waals surface area (Å²) in [5, 5.41) is 88.6. The Morgan fingerprint density at radius 1 is 0.824 bits per heavy atom. The molecule has 51 heavy (non-hydrogen) atoms. The van der Waals surface area contributed by atoms with Crippen molar-refractivity contribution in [2.75, 3.05) is 62.5 Å². The zero-order valence-electron chi connectivity index (χ0n) is 28.8. The van der Waals surface area contributed by atoms with E-state index in [1.54, 1.807) is 24.3 Å². The third-order valence-corrected chi connectivity index (χ3v) is 9.90. The van der Waals surface area contributed by atoms with Gasteiger partial charge in [0.2, 0.25) is 17.3 Å². The molecule has 3 aliphatic rings. The minimum absolute atomic E-state index is 0.0550. The fraction of sp³-hybridized carbons (Fsp3) is 0.636. The van der Waals surface area contributed by atoms with Crippen molar-refractivity contribution in [3.63, 3.8) is 0 Å². The predicted molar refractivity (Wildman–Crippen MR) is 167 cm³/mol. The van der Waals surface area contributed by atoms with E-state index < -0.39 is 67.2 Å². The highest BCUT2D eigenvalue weighted by molar-refractivity contribution is 5.55. The van der Waals surface area contributed by atoms with Gasteiger partial charge in [-0.3, -0.25) is 0 Å². The van der Waals surface area contributed by atoms with Crippen LogP contribution in [0.4, 0.5) is 0 Å². The predicted octanol–water partition coefficient (Wildman–Crippen LogP) is -1.92. The van der Waals surface area contributed by atoms with E-state index >= 15 is 0 Å². The van der Waals surface area contributed by atoms with Gasteiger partial charge >= 0.3 is 0 Å². The van der Waals surface area contributed by atoms with Crippen LogP contribution in [0.5, 0.6) is 34.5 Å². The van der Waals surface area contributed by atoms with Crippen LogP contribution in [0.1, 0.15) is 23.3 Å². The number of phenolic OH excluding ortho intramolecular Hbond substituents is 1. The number of hydrogen-bond acceptors (Lipinski definition) is 18. The SMILES string of the molecule is COc1cc([C@@H]2OC[C@@H]3[C@H]2CO[C@H]3c2cc(OC)c(O[C@H](CO)[C@H](O)[C@@]3(O)[C@@H](C(O)OC)O[C@@H]([O-])[C@@](O)(OC)[C@H]3O)c(OC)c2)cc(OC)c1O.